The van der Waals surface area contributed by atoms with E-state index in [-0.39, 0.29) is 5.69 Å². The average molecular weight is 322 g/mol. The highest BCUT2D eigenvalue weighted by Gasteiger charge is 2.07. The van der Waals surface area contributed by atoms with Gasteiger partial charge in [-0.25, -0.2) is 0 Å². The Bertz CT molecular complexity index is 757. The molecule has 0 fully saturated rings. The first-order chi connectivity index (χ1) is 11.6. The van der Waals surface area contributed by atoms with E-state index in [0.29, 0.717) is 17.7 Å². The summed E-state index contributed by atoms with van der Waals surface area (Å²) in [6.07, 6.45) is 3.85. The summed E-state index contributed by atoms with van der Waals surface area (Å²) in [5.41, 5.74) is 1.97. The standard InChI is InChI=1S/C19H18N2O3/c1-2-3-12-24-19-10-4-15(5-11-19)13-17(14-20)16-6-8-18(9-7-16)21(22)23/h4-11,13H,2-3,12H2,1H3/b17-13+. The monoisotopic (exact) mass is 322 g/mol. The summed E-state index contributed by atoms with van der Waals surface area (Å²) >= 11 is 0. The van der Waals surface area contributed by atoms with Crippen LogP contribution in [0.5, 0.6) is 5.75 Å². The maximum Gasteiger partial charge on any atom is 0.269 e. The van der Waals surface area contributed by atoms with Crippen LogP contribution in [0.15, 0.2) is 48.5 Å². The van der Waals surface area contributed by atoms with E-state index < -0.39 is 4.92 Å². The van der Waals surface area contributed by atoms with E-state index in [0.717, 1.165) is 24.2 Å². The fourth-order valence-electron chi connectivity index (χ4n) is 2.10. The number of hydrogen-bond donors (Lipinski definition) is 0. The molecular formula is C19H18N2O3. The van der Waals surface area contributed by atoms with Crippen LogP contribution in [0.2, 0.25) is 0 Å². The Kier molecular flexibility index (Phi) is 6.09. The first-order valence-electron chi connectivity index (χ1n) is 7.73. The number of non-ortho nitro benzene ring substituents is 1. The van der Waals surface area contributed by atoms with Crippen molar-refractivity contribution in [2.75, 3.05) is 6.61 Å². The number of allylic oxidation sites excluding steroid dienone is 1. The molecule has 0 saturated heterocycles. The molecule has 2 aromatic rings. The molecule has 0 aromatic heterocycles. The lowest BCUT2D eigenvalue weighted by atomic mass is 10.0. The van der Waals surface area contributed by atoms with Crippen molar-refractivity contribution in [3.05, 3.63) is 69.8 Å². The van der Waals surface area contributed by atoms with Gasteiger partial charge in [0.15, 0.2) is 0 Å². The highest BCUT2D eigenvalue weighted by Crippen LogP contribution is 2.22. The SMILES string of the molecule is CCCCOc1ccc(/C=C(\C#N)c2ccc([N+](=O)[O-])cc2)cc1. The number of rotatable bonds is 7. The minimum atomic E-state index is -0.461. The van der Waals surface area contributed by atoms with E-state index >= 15 is 0 Å². The fourth-order valence-corrected chi connectivity index (χ4v) is 2.10. The third-order valence-electron chi connectivity index (χ3n) is 3.47. The van der Waals surface area contributed by atoms with Crippen molar-refractivity contribution in [3.63, 3.8) is 0 Å². The number of nitro benzene ring substituents is 1. The minimum Gasteiger partial charge on any atom is -0.494 e. The fraction of sp³-hybridized carbons (Fsp3) is 0.211. The summed E-state index contributed by atoms with van der Waals surface area (Å²) in [6, 6.07) is 15.6. The summed E-state index contributed by atoms with van der Waals surface area (Å²) < 4.78 is 5.60. The van der Waals surface area contributed by atoms with E-state index in [4.69, 9.17) is 4.74 Å². The van der Waals surface area contributed by atoms with Crippen LogP contribution in [0.1, 0.15) is 30.9 Å². The van der Waals surface area contributed by atoms with Crippen molar-refractivity contribution in [2.45, 2.75) is 19.8 Å². The molecule has 0 radical (unpaired) electrons. The maximum atomic E-state index is 10.7. The van der Waals surface area contributed by atoms with Crippen molar-refractivity contribution < 1.29 is 9.66 Å². The first-order valence-corrected chi connectivity index (χ1v) is 7.73. The predicted octanol–water partition coefficient (Wildman–Crippen LogP) is 4.84. The van der Waals surface area contributed by atoms with Crippen LogP contribution in [-0.4, -0.2) is 11.5 Å². The van der Waals surface area contributed by atoms with Crippen molar-refractivity contribution in [2.24, 2.45) is 0 Å². The second kappa shape index (κ2) is 8.49. The van der Waals surface area contributed by atoms with E-state index in [1.54, 1.807) is 18.2 Å². The Balaban J connectivity index is 2.15. The Morgan fingerprint density at radius 1 is 1.21 bits per heavy atom. The molecule has 0 aliphatic rings. The molecule has 0 spiro atoms. The highest BCUT2D eigenvalue weighted by atomic mass is 16.6. The van der Waals surface area contributed by atoms with E-state index in [9.17, 15) is 15.4 Å². The quantitative estimate of drug-likeness (QED) is 0.240. The summed E-state index contributed by atoms with van der Waals surface area (Å²) in [4.78, 5) is 10.2. The number of nitrogens with zero attached hydrogens (tertiary/aromatic N) is 2. The van der Waals surface area contributed by atoms with Gasteiger partial charge in [-0.3, -0.25) is 10.1 Å². The summed E-state index contributed by atoms with van der Waals surface area (Å²) in [5.74, 6) is 0.800. The number of unbranched alkanes of at least 4 members (excludes halogenated alkanes) is 1. The van der Waals surface area contributed by atoms with Crippen LogP contribution in [0.4, 0.5) is 5.69 Å². The Hall–Kier alpha value is -3.13. The van der Waals surface area contributed by atoms with Gasteiger partial charge in [0.1, 0.15) is 5.75 Å². The molecule has 0 N–H and O–H groups in total. The minimum absolute atomic E-state index is 0.00428. The molecule has 0 atom stereocenters. The van der Waals surface area contributed by atoms with Crippen LogP contribution in [0, 0.1) is 21.4 Å². The van der Waals surface area contributed by atoms with Gasteiger partial charge in [-0.15, -0.1) is 0 Å². The van der Waals surface area contributed by atoms with Crippen molar-refractivity contribution in [1.29, 1.82) is 5.26 Å². The molecular weight excluding hydrogens is 304 g/mol. The Morgan fingerprint density at radius 3 is 2.42 bits per heavy atom. The Labute approximate surface area is 141 Å². The van der Waals surface area contributed by atoms with Gasteiger partial charge in [-0.2, -0.15) is 5.26 Å². The summed E-state index contributed by atoms with van der Waals surface area (Å²) in [7, 11) is 0. The summed E-state index contributed by atoms with van der Waals surface area (Å²) in [6.45, 7) is 2.80. The zero-order valence-corrected chi connectivity index (χ0v) is 13.4. The van der Waals surface area contributed by atoms with Gasteiger partial charge < -0.3 is 4.74 Å². The smallest absolute Gasteiger partial charge is 0.269 e. The van der Waals surface area contributed by atoms with Crippen molar-refractivity contribution in [3.8, 4) is 11.8 Å². The molecule has 122 valence electrons. The molecule has 0 heterocycles. The number of nitriles is 1. The molecule has 5 heteroatoms. The van der Waals surface area contributed by atoms with E-state index in [1.165, 1.54) is 12.1 Å². The number of hydrogen-bond acceptors (Lipinski definition) is 4. The molecule has 0 amide bonds. The van der Waals surface area contributed by atoms with Crippen LogP contribution in [-0.2, 0) is 0 Å². The Morgan fingerprint density at radius 2 is 1.88 bits per heavy atom. The number of benzene rings is 2. The van der Waals surface area contributed by atoms with Crippen LogP contribution >= 0.6 is 0 Å². The molecule has 24 heavy (non-hydrogen) atoms. The zero-order chi connectivity index (χ0) is 17.4. The molecule has 5 nitrogen and oxygen atoms in total. The topological polar surface area (TPSA) is 76.2 Å². The van der Waals surface area contributed by atoms with Gasteiger partial charge in [0.25, 0.3) is 5.69 Å². The largest absolute Gasteiger partial charge is 0.494 e. The molecule has 2 aromatic carbocycles. The predicted molar refractivity (Wildman–Crippen MR) is 93.4 cm³/mol. The van der Waals surface area contributed by atoms with Gasteiger partial charge in [-0.1, -0.05) is 25.5 Å². The van der Waals surface area contributed by atoms with Crippen LogP contribution < -0.4 is 4.74 Å². The first kappa shape index (κ1) is 17.2. The lowest BCUT2D eigenvalue weighted by Crippen LogP contribution is -1.95. The number of ether oxygens (including phenoxy) is 1. The van der Waals surface area contributed by atoms with Gasteiger partial charge in [0.2, 0.25) is 0 Å². The lowest BCUT2D eigenvalue weighted by Gasteiger charge is -2.05. The van der Waals surface area contributed by atoms with E-state index in [1.807, 2.05) is 24.3 Å². The second-order valence-corrected chi connectivity index (χ2v) is 5.24. The molecule has 0 aliphatic carbocycles. The van der Waals surface area contributed by atoms with Crippen LogP contribution in [0.3, 0.4) is 0 Å². The van der Waals surface area contributed by atoms with Gasteiger partial charge in [0, 0.05) is 12.1 Å². The third-order valence-corrected chi connectivity index (χ3v) is 3.47. The van der Waals surface area contributed by atoms with Crippen molar-refractivity contribution in [1.82, 2.24) is 0 Å². The molecule has 0 saturated carbocycles. The maximum absolute atomic E-state index is 10.7. The molecule has 2 rings (SSSR count). The van der Waals surface area contributed by atoms with Crippen molar-refractivity contribution >= 4 is 17.3 Å². The van der Waals surface area contributed by atoms with Gasteiger partial charge in [-0.05, 0) is 47.9 Å². The van der Waals surface area contributed by atoms with Gasteiger partial charge >= 0.3 is 0 Å². The highest BCUT2D eigenvalue weighted by molar-refractivity contribution is 5.89. The van der Waals surface area contributed by atoms with Gasteiger partial charge in [0.05, 0.1) is 23.2 Å². The normalized spacial score (nSPS) is 10.9. The zero-order valence-electron chi connectivity index (χ0n) is 13.4. The molecule has 0 bridgehead atoms. The number of nitro groups is 1. The van der Waals surface area contributed by atoms with E-state index in [2.05, 4.69) is 13.0 Å². The second-order valence-electron chi connectivity index (χ2n) is 5.24. The van der Waals surface area contributed by atoms with Crippen LogP contribution in [0.25, 0.3) is 11.6 Å². The third kappa shape index (κ3) is 4.68. The molecule has 0 unspecified atom stereocenters. The average Bonchev–Trinajstić information content (AvgIpc) is 2.61. The lowest BCUT2D eigenvalue weighted by molar-refractivity contribution is -0.384. The summed E-state index contributed by atoms with van der Waals surface area (Å²) in [5, 5.41) is 20.0. The molecule has 0 aliphatic heterocycles.